The maximum atomic E-state index is 6.03. The van der Waals surface area contributed by atoms with Crippen molar-refractivity contribution in [2.24, 2.45) is 0 Å². The molecule has 0 aliphatic carbocycles. The van der Waals surface area contributed by atoms with E-state index in [1.165, 1.54) is 31.5 Å². The van der Waals surface area contributed by atoms with Gasteiger partial charge in [-0.25, -0.2) is 4.98 Å². The van der Waals surface area contributed by atoms with Gasteiger partial charge in [0.15, 0.2) is 0 Å². The SMILES string of the molecule is CC(C)N1CCCCC1Cc1cn2cc(Cl)ccc2n1. The van der Waals surface area contributed by atoms with E-state index in [2.05, 4.69) is 24.9 Å². The Balaban J connectivity index is 1.80. The van der Waals surface area contributed by atoms with E-state index in [4.69, 9.17) is 16.6 Å². The average molecular weight is 292 g/mol. The van der Waals surface area contributed by atoms with Gasteiger partial charge in [-0.1, -0.05) is 18.0 Å². The Bertz CT molecular complexity index is 590. The number of fused-ring (bicyclic) bond motifs is 1. The minimum Gasteiger partial charge on any atom is -0.305 e. The summed E-state index contributed by atoms with van der Waals surface area (Å²) in [6.07, 6.45) is 9.04. The Morgan fingerprint density at radius 3 is 2.95 bits per heavy atom. The Morgan fingerprint density at radius 2 is 2.15 bits per heavy atom. The van der Waals surface area contributed by atoms with E-state index in [0.29, 0.717) is 12.1 Å². The van der Waals surface area contributed by atoms with Gasteiger partial charge in [0.2, 0.25) is 0 Å². The molecule has 0 spiro atoms. The number of nitrogens with zero attached hydrogens (tertiary/aromatic N) is 3. The fourth-order valence-corrected chi connectivity index (χ4v) is 3.45. The average Bonchev–Trinajstić information content (AvgIpc) is 2.80. The molecule has 0 amide bonds. The van der Waals surface area contributed by atoms with Gasteiger partial charge < -0.3 is 4.40 Å². The first-order valence-corrected chi connectivity index (χ1v) is 7.90. The molecule has 3 nitrogen and oxygen atoms in total. The number of halogens is 1. The monoisotopic (exact) mass is 291 g/mol. The van der Waals surface area contributed by atoms with Gasteiger partial charge in [-0.15, -0.1) is 0 Å². The lowest BCUT2D eigenvalue weighted by molar-refractivity contribution is 0.111. The van der Waals surface area contributed by atoms with Crippen LogP contribution in [0.2, 0.25) is 5.02 Å². The Labute approximate surface area is 125 Å². The van der Waals surface area contributed by atoms with Crippen LogP contribution < -0.4 is 0 Å². The normalized spacial score (nSPS) is 20.9. The Kier molecular flexibility index (Phi) is 3.99. The highest BCUT2D eigenvalue weighted by molar-refractivity contribution is 6.30. The molecular formula is C16H22ClN3. The number of aromatic nitrogens is 2. The van der Waals surface area contributed by atoms with Gasteiger partial charge in [0.05, 0.1) is 10.7 Å². The van der Waals surface area contributed by atoms with Crippen LogP contribution >= 0.6 is 11.6 Å². The molecule has 0 N–H and O–H groups in total. The van der Waals surface area contributed by atoms with Crippen molar-refractivity contribution in [2.45, 2.75) is 51.6 Å². The molecule has 108 valence electrons. The van der Waals surface area contributed by atoms with Gasteiger partial charge in [-0.3, -0.25) is 4.90 Å². The molecular weight excluding hydrogens is 270 g/mol. The van der Waals surface area contributed by atoms with Crippen molar-refractivity contribution in [3.05, 3.63) is 35.2 Å². The lowest BCUT2D eigenvalue weighted by Gasteiger charge is -2.38. The molecule has 0 aromatic carbocycles. The molecule has 0 bridgehead atoms. The number of piperidine rings is 1. The second-order valence-electron chi connectivity index (χ2n) is 6.03. The number of hydrogen-bond donors (Lipinski definition) is 0. The van der Waals surface area contributed by atoms with Crippen molar-refractivity contribution in [2.75, 3.05) is 6.54 Å². The minimum atomic E-state index is 0.617. The topological polar surface area (TPSA) is 20.5 Å². The van der Waals surface area contributed by atoms with Crippen molar-refractivity contribution in [1.82, 2.24) is 14.3 Å². The molecule has 2 aromatic heterocycles. The molecule has 1 aliphatic heterocycles. The molecule has 3 heterocycles. The van der Waals surface area contributed by atoms with E-state index >= 15 is 0 Å². The predicted octanol–water partition coefficient (Wildman–Crippen LogP) is 3.79. The van der Waals surface area contributed by atoms with Crippen molar-refractivity contribution in [1.29, 1.82) is 0 Å². The van der Waals surface area contributed by atoms with Crippen LogP contribution in [0.3, 0.4) is 0 Å². The van der Waals surface area contributed by atoms with Crippen LogP contribution in [0.15, 0.2) is 24.5 Å². The lowest BCUT2D eigenvalue weighted by atomic mass is 9.97. The van der Waals surface area contributed by atoms with E-state index in [-0.39, 0.29) is 0 Å². The molecule has 3 rings (SSSR count). The van der Waals surface area contributed by atoms with Crippen molar-refractivity contribution < 1.29 is 0 Å². The van der Waals surface area contributed by atoms with E-state index in [9.17, 15) is 0 Å². The summed E-state index contributed by atoms with van der Waals surface area (Å²) in [4.78, 5) is 7.34. The molecule has 1 atom stereocenters. The number of hydrogen-bond acceptors (Lipinski definition) is 2. The first kappa shape index (κ1) is 13.9. The second-order valence-corrected chi connectivity index (χ2v) is 6.47. The van der Waals surface area contributed by atoms with Crippen LogP contribution in [0.25, 0.3) is 5.65 Å². The minimum absolute atomic E-state index is 0.617. The largest absolute Gasteiger partial charge is 0.305 e. The van der Waals surface area contributed by atoms with Crippen LogP contribution in [0.5, 0.6) is 0 Å². The molecule has 0 radical (unpaired) electrons. The third-order valence-electron chi connectivity index (χ3n) is 4.25. The summed E-state index contributed by atoms with van der Waals surface area (Å²) in [7, 11) is 0. The van der Waals surface area contributed by atoms with Gasteiger partial charge in [-0.05, 0) is 45.4 Å². The van der Waals surface area contributed by atoms with Crippen LogP contribution in [0, 0.1) is 0 Å². The fraction of sp³-hybridized carbons (Fsp3) is 0.562. The zero-order valence-electron chi connectivity index (χ0n) is 12.2. The maximum absolute atomic E-state index is 6.03. The van der Waals surface area contributed by atoms with Crippen LogP contribution in [0.1, 0.15) is 38.8 Å². The summed E-state index contributed by atoms with van der Waals surface area (Å²) in [5.74, 6) is 0. The molecule has 0 saturated carbocycles. The molecule has 4 heteroatoms. The highest BCUT2D eigenvalue weighted by Gasteiger charge is 2.25. The van der Waals surface area contributed by atoms with Crippen molar-refractivity contribution in [3.8, 4) is 0 Å². The summed E-state index contributed by atoms with van der Waals surface area (Å²) >= 11 is 6.03. The zero-order valence-corrected chi connectivity index (χ0v) is 13.0. The van der Waals surface area contributed by atoms with E-state index in [1.54, 1.807) is 0 Å². The maximum Gasteiger partial charge on any atom is 0.137 e. The van der Waals surface area contributed by atoms with Crippen molar-refractivity contribution >= 4 is 17.2 Å². The highest BCUT2D eigenvalue weighted by Crippen LogP contribution is 2.23. The van der Waals surface area contributed by atoms with E-state index in [0.717, 1.165) is 17.1 Å². The summed E-state index contributed by atoms with van der Waals surface area (Å²) in [5.41, 5.74) is 2.15. The zero-order chi connectivity index (χ0) is 14.1. The first-order chi connectivity index (χ1) is 9.63. The summed E-state index contributed by atoms with van der Waals surface area (Å²) in [6, 6.07) is 5.12. The summed E-state index contributed by atoms with van der Waals surface area (Å²) < 4.78 is 2.03. The van der Waals surface area contributed by atoms with E-state index < -0.39 is 0 Å². The Morgan fingerprint density at radius 1 is 1.30 bits per heavy atom. The standard InChI is InChI=1S/C16H22ClN3/c1-12(2)20-8-4-3-5-15(20)9-14-11-19-10-13(17)6-7-16(19)18-14/h6-7,10-12,15H,3-5,8-9H2,1-2H3. The highest BCUT2D eigenvalue weighted by atomic mass is 35.5. The second kappa shape index (κ2) is 5.74. The van der Waals surface area contributed by atoms with Crippen LogP contribution in [-0.4, -0.2) is 32.9 Å². The molecule has 1 unspecified atom stereocenters. The smallest absolute Gasteiger partial charge is 0.137 e. The molecule has 20 heavy (non-hydrogen) atoms. The molecule has 1 saturated heterocycles. The van der Waals surface area contributed by atoms with Crippen LogP contribution in [-0.2, 0) is 6.42 Å². The van der Waals surface area contributed by atoms with Crippen LogP contribution in [0.4, 0.5) is 0 Å². The lowest BCUT2D eigenvalue weighted by Crippen LogP contribution is -2.45. The van der Waals surface area contributed by atoms with Gasteiger partial charge in [0, 0.05) is 30.9 Å². The third kappa shape index (κ3) is 2.84. The number of likely N-dealkylation sites (tertiary alicyclic amines) is 1. The first-order valence-electron chi connectivity index (χ1n) is 7.52. The Hall–Kier alpha value is -1.06. The summed E-state index contributed by atoms with van der Waals surface area (Å²) in [5, 5.41) is 0.753. The quantitative estimate of drug-likeness (QED) is 0.857. The number of imidazole rings is 1. The van der Waals surface area contributed by atoms with Crippen molar-refractivity contribution in [3.63, 3.8) is 0 Å². The van der Waals surface area contributed by atoms with Gasteiger partial charge in [0.1, 0.15) is 5.65 Å². The number of rotatable bonds is 3. The van der Waals surface area contributed by atoms with E-state index in [1.807, 2.05) is 22.7 Å². The van der Waals surface area contributed by atoms with Gasteiger partial charge in [-0.2, -0.15) is 0 Å². The fourth-order valence-electron chi connectivity index (χ4n) is 3.28. The third-order valence-corrected chi connectivity index (χ3v) is 4.47. The van der Waals surface area contributed by atoms with Gasteiger partial charge >= 0.3 is 0 Å². The molecule has 1 aliphatic rings. The number of pyridine rings is 1. The molecule has 1 fully saturated rings. The molecule has 2 aromatic rings. The summed E-state index contributed by atoms with van der Waals surface area (Å²) in [6.45, 7) is 5.81. The predicted molar refractivity (Wildman–Crippen MR) is 83.4 cm³/mol. The van der Waals surface area contributed by atoms with Gasteiger partial charge in [0.25, 0.3) is 0 Å².